The molecule has 118 valence electrons. The number of nitrogens with one attached hydrogen (secondary N) is 1. The van der Waals surface area contributed by atoms with E-state index in [0.29, 0.717) is 17.2 Å². The standard InChI is InChI=1S/C16H26ClN3O/c1-4-6-16(7-9-18-10-8-16)14(21)11-13-15(17)12(5-2)19-20(13)3/h18H,4-11H2,1-3H3. The van der Waals surface area contributed by atoms with E-state index in [1.165, 1.54) is 0 Å². The number of piperidine rings is 1. The van der Waals surface area contributed by atoms with Crippen LogP contribution in [-0.4, -0.2) is 28.7 Å². The smallest absolute Gasteiger partial charge is 0.145 e. The molecule has 2 rings (SSSR count). The van der Waals surface area contributed by atoms with Crippen molar-refractivity contribution in [3.63, 3.8) is 0 Å². The highest BCUT2D eigenvalue weighted by Gasteiger charge is 2.38. The van der Waals surface area contributed by atoms with E-state index in [1.54, 1.807) is 4.68 Å². The molecule has 0 radical (unpaired) electrons. The van der Waals surface area contributed by atoms with E-state index in [1.807, 2.05) is 14.0 Å². The molecule has 0 saturated carbocycles. The summed E-state index contributed by atoms with van der Waals surface area (Å²) in [5, 5.41) is 8.45. The zero-order chi connectivity index (χ0) is 15.5. The van der Waals surface area contributed by atoms with Gasteiger partial charge in [0.25, 0.3) is 0 Å². The Morgan fingerprint density at radius 2 is 2.05 bits per heavy atom. The molecule has 1 aliphatic rings. The van der Waals surface area contributed by atoms with E-state index in [0.717, 1.165) is 56.6 Å². The number of aryl methyl sites for hydroxylation is 2. The molecule has 0 atom stereocenters. The van der Waals surface area contributed by atoms with Crippen LogP contribution in [0, 0.1) is 5.41 Å². The fourth-order valence-corrected chi connectivity index (χ4v) is 3.76. The number of halogens is 1. The number of carbonyl (C=O) groups excluding carboxylic acids is 1. The normalized spacial score (nSPS) is 17.9. The lowest BCUT2D eigenvalue weighted by atomic mass is 9.71. The highest BCUT2D eigenvalue weighted by Crippen LogP contribution is 2.37. The van der Waals surface area contributed by atoms with Crippen LogP contribution in [0.3, 0.4) is 0 Å². The van der Waals surface area contributed by atoms with Crippen LogP contribution in [0.2, 0.25) is 5.02 Å². The predicted molar refractivity (Wildman–Crippen MR) is 85.8 cm³/mol. The Bertz CT molecular complexity index is 498. The molecule has 21 heavy (non-hydrogen) atoms. The van der Waals surface area contributed by atoms with Gasteiger partial charge < -0.3 is 5.32 Å². The van der Waals surface area contributed by atoms with Gasteiger partial charge in [-0.3, -0.25) is 9.48 Å². The number of hydrogen-bond acceptors (Lipinski definition) is 3. The number of ketones is 1. The van der Waals surface area contributed by atoms with Crippen LogP contribution in [0.4, 0.5) is 0 Å². The summed E-state index contributed by atoms with van der Waals surface area (Å²) >= 11 is 6.39. The van der Waals surface area contributed by atoms with Gasteiger partial charge in [0.2, 0.25) is 0 Å². The fourth-order valence-electron chi connectivity index (χ4n) is 3.40. The van der Waals surface area contributed by atoms with Gasteiger partial charge in [-0.05, 0) is 38.8 Å². The quantitative estimate of drug-likeness (QED) is 0.878. The van der Waals surface area contributed by atoms with Crippen LogP contribution < -0.4 is 5.32 Å². The highest BCUT2D eigenvalue weighted by atomic mass is 35.5. The van der Waals surface area contributed by atoms with Crippen molar-refractivity contribution in [2.24, 2.45) is 12.5 Å². The second kappa shape index (κ2) is 6.93. The van der Waals surface area contributed by atoms with E-state index in [9.17, 15) is 4.79 Å². The summed E-state index contributed by atoms with van der Waals surface area (Å²) in [6.45, 7) is 6.06. The van der Waals surface area contributed by atoms with Crippen LogP contribution >= 0.6 is 11.6 Å². The minimum absolute atomic E-state index is 0.167. The van der Waals surface area contributed by atoms with Crippen LogP contribution in [0.15, 0.2) is 0 Å². The third-order valence-electron chi connectivity index (χ3n) is 4.71. The second-order valence-corrected chi connectivity index (χ2v) is 6.44. The Balaban J connectivity index is 2.21. The van der Waals surface area contributed by atoms with Crippen molar-refractivity contribution >= 4 is 17.4 Å². The fraction of sp³-hybridized carbons (Fsp3) is 0.750. The van der Waals surface area contributed by atoms with E-state index in [4.69, 9.17) is 11.6 Å². The molecule has 1 aromatic heterocycles. The number of rotatable bonds is 6. The molecule has 0 unspecified atom stereocenters. The molecule has 1 fully saturated rings. The van der Waals surface area contributed by atoms with E-state index >= 15 is 0 Å². The van der Waals surface area contributed by atoms with Crippen LogP contribution in [0.1, 0.15) is 50.9 Å². The maximum atomic E-state index is 13.0. The molecule has 0 amide bonds. The molecule has 1 saturated heterocycles. The Labute approximate surface area is 132 Å². The van der Waals surface area contributed by atoms with Gasteiger partial charge in [0.1, 0.15) is 5.78 Å². The molecule has 1 N–H and O–H groups in total. The Morgan fingerprint density at radius 3 is 2.57 bits per heavy atom. The SMILES string of the molecule is CCCC1(C(=O)Cc2c(Cl)c(CC)nn2C)CCNCC1. The second-order valence-electron chi connectivity index (χ2n) is 6.06. The third kappa shape index (κ3) is 3.32. The Hall–Kier alpha value is -0.870. The molecule has 2 heterocycles. The van der Waals surface area contributed by atoms with Crippen molar-refractivity contribution in [1.82, 2.24) is 15.1 Å². The lowest BCUT2D eigenvalue weighted by Gasteiger charge is -2.36. The van der Waals surface area contributed by atoms with Gasteiger partial charge in [-0.15, -0.1) is 0 Å². The summed E-state index contributed by atoms with van der Waals surface area (Å²) in [6.07, 6.45) is 5.10. The highest BCUT2D eigenvalue weighted by molar-refractivity contribution is 6.32. The number of hydrogen-bond donors (Lipinski definition) is 1. The molecule has 1 aromatic rings. The zero-order valence-corrected chi connectivity index (χ0v) is 14.1. The van der Waals surface area contributed by atoms with Gasteiger partial charge in [0, 0.05) is 12.5 Å². The lowest BCUT2D eigenvalue weighted by Crippen LogP contribution is -2.43. The molecular weight excluding hydrogens is 286 g/mol. The van der Waals surface area contributed by atoms with Gasteiger partial charge in [0.15, 0.2) is 0 Å². The number of nitrogens with zero attached hydrogens (tertiary/aromatic N) is 2. The van der Waals surface area contributed by atoms with Gasteiger partial charge in [-0.1, -0.05) is 31.9 Å². The largest absolute Gasteiger partial charge is 0.317 e. The van der Waals surface area contributed by atoms with Crippen LogP contribution in [0.25, 0.3) is 0 Å². The number of carbonyl (C=O) groups is 1. The first-order valence-electron chi connectivity index (χ1n) is 7.98. The van der Waals surface area contributed by atoms with Crippen molar-refractivity contribution in [1.29, 1.82) is 0 Å². The Kier molecular flexibility index (Phi) is 5.44. The Morgan fingerprint density at radius 1 is 1.38 bits per heavy atom. The van der Waals surface area contributed by atoms with Crippen LogP contribution in [-0.2, 0) is 24.7 Å². The molecule has 5 heteroatoms. The van der Waals surface area contributed by atoms with Crippen molar-refractivity contribution in [2.45, 2.75) is 52.4 Å². The predicted octanol–water partition coefficient (Wildman–Crippen LogP) is 2.92. The molecule has 0 bridgehead atoms. The van der Waals surface area contributed by atoms with Crippen molar-refractivity contribution in [2.75, 3.05) is 13.1 Å². The van der Waals surface area contributed by atoms with E-state index < -0.39 is 0 Å². The summed E-state index contributed by atoms with van der Waals surface area (Å²) in [5.74, 6) is 0.332. The minimum Gasteiger partial charge on any atom is -0.317 e. The van der Waals surface area contributed by atoms with Gasteiger partial charge in [-0.25, -0.2) is 0 Å². The molecular formula is C16H26ClN3O. The molecule has 0 aliphatic carbocycles. The molecule has 0 spiro atoms. The van der Waals surface area contributed by atoms with Crippen molar-refractivity contribution in [3.8, 4) is 0 Å². The van der Waals surface area contributed by atoms with Gasteiger partial charge >= 0.3 is 0 Å². The first kappa shape index (κ1) is 16.5. The molecule has 4 nitrogen and oxygen atoms in total. The first-order chi connectivity index (χ1) is 10.0. The third-order valence-corrected chi connectivity index (χ3v) is 5.15. The monoisotopic (exact) mass is 311 g/mol. The lowest BCUT2D eigenvalue weighted by molar-refractivity contribution is -0.130. The molecule has 1 aliphatic heterocycles. The van der Waals surface area contributed by atoms with E-state index in [2.05, 4.69) is 17.3 Å². The topological polar surface area (TPSA) is 46.9 Å². The summed E-state index contributed by atoms with van der Waals surface area (Å²) in [7, 11) is 1.88. The zero-order valence-electron chi connectivity index (χ0n) is 13.3. The summed E-state index contributed by atoms with van der Waals surface area (Å²) in [6, 6.07) is 0. The summed E-state index contributed by atoms with van der Waals surface area (Å²) in [4.78, 5) is 13.0. The minimum atomic E-state index is -0.167. The van der Waals surface area contributed by atoms with Gasteiger partial charge in [0.05, 0.1) is 22.8 Å². The maximum absolute atomic E-state index is 13.0. The average Bonchev–Trinajstić information content (AvgIpc) is 2.76. The number of aromatic nitrogens is 2. The summed E-state index contributed by atoms with van der Waals surface area (Å²) < 4.78 is 1.78. The maximum Gasteiger partial charge on any atom is 0.145 e. The first-order valence-corrected chi connectivity index (χ1v) is 8.36. The average molecular weight is 312 g/mol. The molecule has 0 aromatic carbocycles. The number of Topliss-reactive ketones (excluding diaryl/α,β-unsaturated/α-hetero) is 1. The van der Waals surface area contributed by atoms with Crippen molar-refractivity contribution < 1.29 is 4.79 Å². The van der Waals surface area contributed by atoms with E-state index in [-0.39, 0.29) is 5.41 Å². The van der Waals surface area contributed by atoms with Crippen LogP contribution in [0.5, 0.6) is 0 Å². The summed E-state index contributed by atoms with van der Waals surface area (Å²) in [5.41, 5.74) is 1.59. The van der Waals surface area contributed by atoms with Gasteiger partial charge in [-0.2, -0.15) is 5.10 Å². The van der Waals surface area contributed by atoms with Crippen molar-refractivity contribution in [3.05, 3.63) is 16.4 Å².